The SMILES string of the molecule is Cc1ccc(C(=O)NCC(=O)NCC(CC(C)C)C(=O)O)cc1C. The normalized spacial score (nSPS) is 11.9. The summed E-state index contributed by atoms with van der Waals surface area (Å²) in [4.78, 5) is 35.0. The number of carboxylic acids is 1. The van der Waals surface area contributed by atoms with E-state index in [-0.39, 0.29) is 24.9 Å². The van der Waals surface area contributed by atoms with E-state index in [1.54, 1.807) is 12.1 Å². The van der Waals surface area contributed by atoms with Crippen molar-refractivity contribution in [2.75, 3.05) is 13.1 Å². The molecule has 0 aromatic heterocycles. The van der Waals surface area contributed by atoms with Crippen LogP contribution < -0.4 is 10.6 Å². The van der Waals surface area contributed by atoms with E-state index in [2.05, 4.69) is 10.6 Å². The molecule has 0 radical (unpaired) electrons. The Labute approximate surface area is 142 Å². The van der Waals surface area contributed by atoms with Gasteiger partial charge in [0.05, 0.1) is 12.5 Å². The molecule has 1 aromatic carbocycles. The van der Waals surface area contributed by atoms with E-state index < -0.39 is 17.8 Å². The summed E-state index contributed by atoms with van der Waals surface area (Å²) in [6.07, 6.45) is 0.491. The fraction of sp³-hybridized carbons (Fsp3) is 0.500. The average Bonchev–Trinajstić information content (AvgIpc) is 2.51. The summed E-state index contributed by atoms with van der Waals surface area (Å²) in [5.74, 6) is -2.05. The molecular weight excluding hydrogens is 308 g/mol. The number of carboxylic acid groups (broad SMARTS) is 1. The van der Waals surface area contributed by atoms with Crippen molar-refractivity contribution in [1.29, 1.82) is 0 Å². The highest BCUT2D eigenvalue weighted by Gasteiger charge is 2.19. The van der Waals surface area contributed by atoms with Crippen LogP contribution in [0.15, 0.2) is 18.2 Å². The molecule has 0 heterocycles. The quantitative estimate of drug-likeness (QED) is 0.676. The largest absolute Gasteiger partial charge is 0.481 e. The van der Waals surface area contributed by atoms with Gasteiger partial charge in [0, 0.05) is 12.1 Å². The van der Waals surface area contributed by atoms with Gasteiger partial charge in [0.15, 0.2) is 0 Å². The van der Waals surface area contributed by atoms with Crippen LogP contribution in [0.3, 0.4) is 0 Å². The molecule has 6 nitrogen and oxygen atoms in total. The molecule has 1 rings (SSSR count). The lowest BCUT2D eigenvalue weighted by Crippen LogP contribution is -2.40. The Morgan fingerprint density at radius 2 is 1.75 bits per heavy atom. The first kappa shape index (κ1) is 19.7. The maximum Gasteiger partial charge on any atom is 0.308 e. The van der Waals surface area contributed by atoms with Gasteiger partial charge in [-0.3, -0.25) is 14.4 Å². The Morgan fingerprint density at radius 1 is 1.08 bits per heavy atom. The topological polar surface area (TPSA) is 95.5 Å². The molecule has 0 aliphatic heterocycles. The molecule has 0 fully saturated rings. The van der Waals surface area contributed by atoms with E-state index in [1.165, 1.54) is 0 Å². The van der Waals surface area contributed by atoms with E-state index in [9.17, 15) is 14.4 Å². The standard InChI is InChI=1S/C18H26N2O4/c1-11(2)7-15(18(23)24)9-19-16(21)10-20-17(22)14-6-5-12(3)13(4)8-14/h5-6,8,11,15H,7,9-10H2,1-4H3,(H,19,21)(H,20,22)(H,23,24). The summed E-state index contributed by atoms with van der Waals surface area (Å²) in [5.41, 5.74) is 2.59. The zero-order valence-electron chi connectivity index (χ0n) is 14.7. The molecule has 0 saturated heterocycles. The first-order valence-electron chi connectivity index (χ1n) is 8.05. The third kappa shape index (κ3) is 6.40. The van der Waals surface area contributed by atoms with Crippen LogP contribution in [0, 0.1) is 25.7 Å². The summed E-state index contributed by atoms with van der Waals surface area (Å²) in [5, 5.41) is 14.2. The Kier molecular flexibility index (Phi) is 7.42. The van der Waals surface area contributed by atoms with Crippen molar-refractivity contribution < 1.29 is 19.5 Å². The van der Waals surface area contributed by atoms with E-state index in [0.29, 0.717) is 12.0 Å². The van der Waals surface area contributed by atoms with Crippen LogP contribution in [0.2, 0.25) is 0 Å². The predicted octanol–water partition coefficient (Wildman–Crippen LogP) is 1.90. The maximum atomic E-state index is 12.0. The molecule has 6 heteroatoms. The van der Waals surface area contributed by atoms with Crippen molar-refractivity contribution in [2.45, 2.75) is 34.1 Å². The van der Waals surface area contributed by atoms with Gasteiger partial charge in [0.25, 0.3) is 5.91 Å². The van der Waals surface area contributed by atoms with Gasteiger partial charge in [-0.05, 0) is 49.4 Å². The molecule has 3 N–H and O–H groups in total. The van der Waals surface area contributed by atoms with Crippen LogP contribution in [0.5, 0.6) is 0 Å². The Morgan fingerprint density at radius 3 is 2.29 bits per heavy atom. The number of hydrogen-bond donors (Lipinski definition) is 3. The van der Waals surface area contributed by atoms with Gasteiger partial charge in [-0.2, -0.15) is 0 Å². The Bertz CT molecular complexity index is 611. The number of benzene rings is 1. The summed E-state index contributed by atoms with van der Waals surface area (Å²) in [7, 11) is 0. The minimum Gasteiger partial charge on any atom is -0.481 e. The van der Waals surface area contributed by atoms with Gasteiger partial charge in [-0.25, -0.2) is 0 Å². The van der Waals surface area contributed by atoms with Crippen LogP contribution in [-0.4, -0.2) is 36.0 Å². The van der Waals surface area contributed by atoms with Crippen molar-refractivity contribution in [3.05, 3.63) is 34.9 Å². The minimum atomic E-state index is -0.928. The Hall–Kier alpha value is -2.37. The van der Waals surface area contributed by atoms with Crippen LogP contribution in [0.25, 0.3) is 0 Å². The molecule has 0 bridgehead atoms. The van der Waals surface area contributed by atoms with Crippen molar-refractivity contribution in [3.8, 4) is 0 Å². The lowest BCUT2D eigenvalue weighted by atomic mass is 9.97. The smallest absolute Gasteiger partial charge is 0.308 e. The van der Waals surface area contributed by atoms with Crippen LogP contribution in [0.4, 0.5) is 0 Å². The van der Waals surface area contributed by atoms with E-state index in [1.807, 2.05) is 33.8 Å². The number of nitrogens with one attached hydrogen (secondary N) is 2. The van der Waals surface area contributed by atoms with E-state index in [4.69, 9.17) is 5.11 Å². The van der Waals surface area contributed by atoms with Gasteiger partial charge in [0.2, 0.25) is 5.91 Å². The van der Waals surface area contributed by atoms with Crippen molar-refractivity contribution in [1.82, 2.24) is 10.6 Å². The van der Waals surface area contributed by atoms with Crippen molar-refractivity contribution in [2.24, 2.45) is 11.8 Å². The fourth-order valence-corrected chi connectivity index (χ4v) is 2.29. The second kappa shape index (κ2) is 9.05. The first-order valence-corrected chi connectivity index (χ1v) is 8.05. The number of rotatable bonds is 8. The van der Waals surface area contributed by atoms with Gasteiger partial charge < -0.3 is 15.7 Å². The number of aliphatic carboxylic acids is 1. The number of carbonyl (C=O) groups excluding carboxylic acids is 2. The fourth-order valence-electron chi connectivity index (χ4n) is 2.29. The zero-order valence-corrected chi connectivity index (χ0v) is 14.7. The van der Waals surface area contributed by atoms with E-state index in [0.717, 1.165) is 11.1 Å². The summed E-state index contributed by atoms with van der Waals surface area (Å²) in [6, 6.07) is 5.33. The maximum absolute atomic E-state index is 12.0. The summed E-state index contributed by atoms with van der Waals surface area (Å²) in [6.45, 7) is 7.62. The van der Waals surface area contributed by atoms with Gasteiger partial charge in [-0.15, -0.1) is 0 Å². The van der Waals surface area contributed by atoms with Gasteiger partial charge >= 0.3 is 5.97 Å². The molecule has 0 aliphatic rings. The number of carbonyl (C=O) groups is 3. The molecule has 24 heavy (non-hydrogen) atoms. The van der Waals surface area contributed by atoms with Crippen LogP contribution >= 0.6 is 0 Å². The average molecular weight is 334 g/mol. The minimum absolute atomic E-state index is 0.0614. The van der Waals surface area contributed by atoms with Crippen LogP contribution in [-0.2, 0) is 9.59 Å². The van der Waals surface area contributed by atoms with Crippen molar-refractivity contribution >= 4 is 17.8 Å². The monoisotopic (exact) mass is 334 g/mol. The molecular formula is C18H26N2O4. The van der Waals surface area contributed by atoms with Gasteiger partial charge in [0.1, 0.15) is 0 Å². The number of hydrogen-bond acceptors (Lipinski definition) is 3. The highest BCUT2D eigenvalue weighted by molar-refractivity contribution is 5.96. The lowest BCUT2D eigenvalue weighted by molar-refractivity contribution is -0.142. The summed E-state index contributed by atoms with van der Waals surface area (Å²) < 4.78 is 0. The van der Waals surface area contributed by atoms with Crippen LogP contribution in [0.1, 0.15) is 41.8 Å². The number of aryl methyl sites for hydroxylation is 2. The zero-order chi connectivity index (χ0) is 18.3. The second-order valence-corrected chi connectivity index (χ2v) is 6.45. The molecule has 0 saturated carbocycles. The highest BCUT2D eigenvalue weighted by Crippen LogP contribution is 2.11. The highest BCUT2D eigenvalue weighted by atomic mass is 16.4. The second-order valence-electron chi connectivity index (χ2n) is 6.45. The lowest BCUT2D eigenvalue weighted by Gasteiger charge is -2.15. The van der Waals surface area contributed by atoms with Gasteiger partial charge in [-0.1, -0.05) is 19.9 Å². The number of amides is 2. The Balaban J connectivity index is 2.46. The molecule has 132 valence electrons. The third-order valence-electron chi connectivity index (χ3n) is 3.83. The predicted molar refractivity (Wildman–Crippen MR) is 91.8 cm³/mol. The third-order valence-corrected chi connectivity index (χ3v) is 3.83. The molecule has 0 spiro atoms. The summed E-state index contributed by atoms with van der Waals surface area (Å²) >= 11 is 0. The molecule has 0 aliphatic carbocycles. The molecule has 2 amide bonds. The molecule has 1 atom stereocenters. The molecule has 1 aromatic rings. The van der Waals surface area contributed by atoms with E-state index >= 15 is 0 Å². The molecule has 1 unspecified atom stereocenters. The van der Waals surface area contributed by atoms with Crippen molar-refractivity contribution in [3.63, 3.8) is 0 Å². The first-order chi connectivity index (χ1) is 11.2.